The summed E-state index contributed by atoms with van der Waals surface area (Å²) in [7, 11) is 0. The molecule has 1 heterocycles. The van der Waals surface area contributed by atoms with Crippen LogP contribution in [0.2, 0.25) is 0 Å². The quantitative estimate of drug-likeness (QED) is 0.441. The number of hydrogen-bond donors (Lipinski definition) is 3. The minimum absolute atomic E-state index is 0.0502. The van der Waals surface area contributed by atoms with Crippen LogP contribution in [0.5, 0.6) is 0 Å². The van der Waals surface area contributed by atoms with Crippen molar-refractivity contribution in [2.45, 2.75) is 46.3 Å². The van der Waals surface area contributed by atoms with Crippen LogP contribution in [-0.2, 0) is 22.6 Å². The van der Waals surface area contributed by atoms with Crippen molar-refractivity contribution in [3.8, 4) is 0 Å². The Morgan fingerprint density at radius 2 is 1.89 bits per heavy atom. The Morgan fingerprint density at radius 1 is 1.18 bits per heavy atom. The Hall–Kier alpha value is -2.12. The van der Waals surface area contributed by atoms with E-state index in [1.807, 2.05) is 20.8 Å². The van der Waals surface area contributed by atoms with Crippen LogP contribution in [0.1, 0.15) is 38.3 Å². The standard InChI is InChI=1S/C21H35N5O2/c1-4-22-21(23-10-9-20(27)25-17(2)3)24-15-18-7-5-6-8-19(18)16-26-11-13-28-14-12-26/h5-8,17H,4,9-16H2,1-3H3,(H,25,27)(H2,22,23,24). The van der Waals surface area contributed by atoms with Crippen LogP contribution in [0.25, 0.3) is 0 Å². The van der Waals surface area contributed by atoms with E-state index in [-0.39, 0.29) is 11.9 Å². The lowest BCUT2D eigenvalue weighted by Crippen LogP contribution is -2.40. The fourth-order valence-corrected chi connectivity index (χ4v) is 3.06. The van der Waals surface area contributed by atoms with Gasteiger partial charge in [0.1, 0.15) is 0 Å². The van der Waals surface area contributed by atoms with Gasteiger partial charge in [0.05, 0.1) is 19.8 Å². The summed E-state index contributed by atoms with van der Waals surface area (Å²) in [6.07, 6.45) is 0.427. The lowest BCUT2D eigenvalue weighted by atomic mass is 10.1. The summed E-state index contributed by atoms with van der Waals surface area (Å²) >= 11 is 0. The van der Waals surface area contributed by atoms with Crippen LogP contribution in [0.3, 0.4) is 0 Å². The maximum atomic E-state index is 11.8. The number of nitrogens with one attached hydrogen (secondary N) is 3. The number of hydrogen-bond acceptors (Lipinski definition) is 4. The molecule has 3 N–H and O–H groups in total. The Labute approximate surface area is 168 Å². The van der Waals surface area contributed by atoms with Crippen LogP contribution in [0.15, 0.2) is 29.3 Å². The van der Waals surface area contributed by atoms with Gasteiger partial charge in [0, 0.05) is 45.2 Å². The van der Waals surface area contributed by atoms with Crippen LogP contribution in [0, 0.1) is 0 Å². The molecule has 0 atom stereocenters. The highest BCUT2D eigenvalue weighted by Crippen LogP contribution is 2.14. The van der Waals surface area contributed by atoms with Gasteiger partial charge in [0.15, 0.2) is 5.96 Å². The zero-order valence-electron chi connectivity index (χ0n) is 17.5. The van der Waals surface area contributed by atoms with E-state index < -0.39 is 0 Å². The first-order valence-corrected chi connectivity index (χ1v) is 10.3. The molecule has 0 aromatic heterocycles. The second-order valence-electron chi connectivity index (χ2n) is 7.25. The summed E-state index contributed by atoms with van der Waals surface area (Å²) in [6.45, 7) is 12.4. The fourth-order valence-electron chi connectivity index (χ4n) is 3.06. The number of benzene rings is 1. The summed E-state index contributed by atoms with van der Waals surface area (Å²) in [5.74, 6) is 0.787. The predicted octanol–water partition coefficient (Wildman–Crippen LogP) is 1.49. The zero-order valence-corrected chi connectivity index (χ0v) is 17.5. The molecule has 7 nitrogen and oxygen atoms in total. The highest BCUT2D eigenvalue weighted by atomic mass is 16.5. The van der Waals surface area contributed by atoms with Gasteiger partial charge in [0.2, 0.25) is 5.91 Å². The third-order valence-corrected chi connectivity index (χ3v) is 4.46. The summed E-state index contributed by atoms with van der Waals surface area (Å²) in [4.78, 5) is 18.9. The molecule has 1 aliphatic heterocycles. The number of morpholine rings is 1. The highest BCUT2D eigenvalue weighted by Gasteiger charge is 2.12. The number of rotatable bonds is 9. The van der Waals surface area contributed by atoms with Gasteiger partial charge in [-0.2, -0.15) is 0 Å². The predicted molar refractivity (Wildman–Crippen MR) is 113 cm³/mol. The van der Waals surface area contributed by atoms with Crippen molar-refractivity contribution in [2.24, 2.45) is 4.99 Å². The molecule has 156 valence electrons. The topological polar surface area (TPSA) is 78.0 Å². The van der Waals surface area contributed by atoms with Crippen molar-refractivity contribution in [1.82, 2.24) is 20.9 Å². The molecule has 0 aliphatic carbocycles. The van der Waals surface area contributed by atoms with Crippen molar-refractivity contribution in [3.63, 3.8) is 0 Å². The van der Waals surface area contributed by atoms with Gasteiger partial charge >= 0.3 is 0 Å². The second kappa shape index (κ2) is 12.4. The first kappa shape index (κ1) is 22.2. The van der Waals surface area contributed by atoms with Crippen molar-refractivity contribution >= 4 is 11.9 Å². The minimum Gasteiger partial charge on any atom is -0.379 e. The molecule has 1 fully saturated rings. The molecule has 7 heteroatoms. The highest BCUT2D eigenvalue weighted by molar-refractivity contribution is 5.81. The molecule has 0 unspecified atom stereocenters. The Morgan fingerprint density at radius 3 is 2.57 bits per heavy atom. The lowest BCUT2D eigenvalue weighted by Gasteiger charge is -2.27. The van der Waals surface area contributed by atoms with E-state index in [0.29, 0.717) is 19.5 Å². The maximum Gasteiger partial charge on any atom is 0.221 e. The first-order valence-electron chi connectivity index (χ1n) is 10.3. The molecule has 1 saturated heterocycles. The number of carbonyl (C=O) groups excluding carboxylic acids is 1. The van der Waals surface area contributed by atoms with Crippen LogP contribution < -0.4 is 16.0 Å². The third-order valence-electron chi connectivity index (χ3n) is 4.46. The lowest BCUT2D eigenvalue weighted by molar-refractivity contribution is -0.121. The Balaban J connectivity index is 1.91. The molecule has 0 bridgehead atoms. The van der Waals surface area contributed by atoms with Crippen molar-refractivity contribution in [3.05, 3.63) is 35.4 Å². The summed E-state index contributed by atoms with van der Waals surface area (Å²) in [5, 5.41) is 9.40. The fraction of sp³-hybridized carbons (Fsp3) is 0.619. The molecule has 1 amide bonds. The van der Waals surface area contributed by atoms with Gasteiger partial charge in [-0.15, -0.1) is 0 Å². The van der Waals surface area contributed by atoms with Crippen LogP contribution in [0.4, 0.5) is 0 Å². The molecule has 28 heavy (non-hydrogen) atoms. The van der Waals surface area contributed by atoms with Gasteiger partial charge < -0.3 is 20.7 Å². The van der Waals surface area contributed by atoms with Crippen LogP contribution in [-0.4, -0.2) is 62.2 Å². The molecule has 1 aromatic carbocycles. The molecule has 0 radical (unpaired) electrons. The van der Waals surface area contributed by atoms with Gasteiger partial charge in [-0.3, -0.25) is 9.69 Å². The minimum atomic E-state index is 0.0502. The Kier molecular flexibility index (Phi) is 9.79. The average Bonchev–Trinajstić information content (AvgIpc) is 2.67. The molecule has 1 aromatic rings. The first-order chi connectivity index (χ1) is 13.6. The summed E-state index contributed by atoms with van der Waals surface area (Å²) in [6, 6.07) is 8.62. The number of guanidine groups is 1. The van der Waals surface area contributed by atoms with E-state index >= 15 is 0 Å². The summed E-state index contributed by atoms with van der Waals surface area (Å²) in [5.41, 5.74) is 2.53. The molecular weight excluding hydrogens is 354 g/mol. The van der Waals surface area contributed by atoms with E-state index in [1.165, 1.54) is 11.1 Å². The SMILES string of the molecule is CCNC(=NCc1ccccc1CN1CCOCC1)NCCC(=O)NC(C)C. The Bertz CT molecular complexity index is 627. The van der Waals surface area contributed by atoms with E-state index in [4.69, 9.17) is 9.73 Å². The number of nitrogens with zero attached hydrogens (tertiary/aromatic N) is 2. The molecule has 0 spiro atoms. The molecule has 2 rings (SSSR count). The monoisotopic (exact) mass is 389 g/mol. The van der Waals surface area contributed by atoms with Crippen molar-refractivity contribution < 1.29 is 9.53 Å². The zero-order chi connectivity index (χ0) is 20.2. The smallest absolute Gasteiger partial charge is 0.221 e. The number of ether oxygens (including phenoxy) is 1. The van der Waals surface area contributed by atoms with Gasteiger partial charge in [0.25, 0.3) is 0 Å². The third kappa shape index (κ3) is 8.27. The van der Waals surface area contributed by atoms with Gasteiger partial charge in [-0.05, 0) is 31.9 Å². The van der Waals surface area contributed by atoms with E-state index in [2.05, 4.69) is 45.1 Å². The van der Waals surface area contributed by atoms with Gasteiger partial charge in [-0.25, -0.2) is 4.99 Å². The number of amides is 1. The van der Waals surface area contributed by atoms with Gasteiger partial charge in [-0.1, -0.05) is 24.3 Å². The van der Waals surface area contributed by atoms with Crippen molar-refractivity contribution in [2.75, 3.05) is 39.4 Å². The van der Waals surface area contributed by atoms with Crippen molar-refractivity contribution in [1.29, 1.82) is 0 Å². The molecule has 1 aliphatic rings. The summed E-state index contributed by atoms with van der Waals surface area (Å²) < 4.78 is 5.44. The average molecular weight is 390 g/mol. The number of carbonyl (C=O) groups is 1. The maximum absolute atomic E-state index is 11.8. The largest absolute Gasteiger partial charge is 0.379 e. The van der Waals surface area contributed by atoms with E-state index in [0.717, 1.165) is 45.4 Å². The number of aliphatic imine (C=N–C) groups is 1. The molecular formula is C21H35N5O2. The second-order valence-corrected chi connectivity index (χ2v) is 7.25. The van der Waals surface area contributed by atoms with E-state index in [1.54, 1.807) is 0 Å². The molecule has 0 saturated carbocycles. The normalized spacial score (nSPS) is 15.5. The van der Waals surface area contributed by atoms with Crippen LogP contribution >= 0.6 is 0 Å². The van der Waals surface area contributed by atoms with E-state index in [9.17, 15) is 4.79 Å².